The van der Waals surface area contributed by atoms with Crippen molar-refractivity contribution in [1.82, 2.24) is 9.97 Å². The van der Waals surface area contributed by atoms with Gasteiger partial charge in [0.2, 0.25) is 0 Å². The van der Waals surface area contributed by atoms with Crippen LogP contribution in [0.4, 0.5) is 11.6 Å². The second-order valence-corrected chi connectivity index (χ2v) is 4.64. The minimum Gasteiger partial charge on any atom is -0.370 e. The quantitative estimate of drug-likeness (QED) is 0.796. The third-order valence-corrected chi connectivity index (χ3v) is 2.62. The van der Waals surface area contributed by atoms with Crippen LogP contribution in [0, 0.1) is 0 Å². The molecule has 0 radical (unpaired) electrons. The molecule has 0 fully saturated rings. The molecular weight excluding hydrogens is 212 g/mol. The van der Waals surface area contributed by atoms with Crippen molar-refractivity contribution in [2.75, 3.05) is 17.2 Å². The van der Waals surface area contributed by atoms with Crippen LogP contribution in [-0.2, 0) is 0 Å². The van der Waals surface area contributed by atoms with E-state index in [4.69, 9.17) is 0 Å². The van der Waals surface area contributed by atoms with E-state index in [1.54, 1.807) is 0 Å². The van der Waals surface area contributed by atoms with E-state index in [1.807, 2.05) is 6.07 Å². The molecule has 0 aromatic carbocycles. The van der Waals surface area contributed by atoms with E-state index in [-0.39, 0.29) is 0 Å². The van der Waals surface area contributed by atoms with E-state index in [1.165, 1.54) is 0 Å². The second-order valence-electron chi connectivity index (χ2n) is 4.64. The summed E-state index contributed by atoms with van der Waals surface area (Å²) in [7, 11) is 0. The molecule has 0 saturated carbocycles. The van der Waals surface area contributed by atoms with Crippen molar-refractivity contribution >= 4 is 11.6 Å². The summed E-state index contributed by atoms with van der Waals surface area (Å²) in [5.74, 6) is 3.03. The molecule has 0 aliphatic carbocycles. The van der Waals surface area contributed by atoms with Crippen molar-refractivity contribution < 1.29 is 0 Å². The molecule has 0 saturated heterocycles. The summed E-state index contributed by atoms with van der Waals surface area (Å²) in [5, 5.41) is 6.64. The molecule has 96 valence electrons. The summed E-state index contributed by atoms with van der Waals surface area (Å²) in [6, 6.07) is 2.40. The van der Waals surface area contributed by atoms with Crippen LogP contribution < -0.4 is 10.6 Å². The number of nitrogens with zero attached hydrogens (tertiary/aromatic N) is 2. The number of hydrogen-bond acceptors (Lipinski definition) is 4. The van der Waals surface area contributed by atoms with Crippen LogP contribution in [0.5, 0.6) is 0 Å². The molecule has 0 aliphatic heterocycles. The van der Waals surface area contributed by atoms with Gasteiger partial charge in [-0.05, 0) is 20.3 Å². The fraction of sp³-hybridized carbons (Fsp3) is 0.692. The van der Waals surface area contributed by atoms with Gasteiger partial charge in [0.1, 0.15) is 17.5 Å². The van der Waals surface area contributed by atoms with Gasteiger partial charge >= 0.3 is 0 Å². The molecule has 1 heterocycles. The lowest BCUT2D eigenvalue weighted by Gasteiger charge is -2.15. The average Bonchev–Trinajstić information content (AvgIpc) is 2.29. The van der Waals surface area contributed by atoms with Crippen LogP contribution in [0.15, 0.2) is 6.07 Å². The van der Waals surface area contributed by atoms with E-state index >= 15 is 0 Å². The molecule has 1 rings (SSSR count). The van der Waals surface area contributed by atoms with Crippen molar-refractivity contribution in [3.05, 3.63) is 11.9 Å². The standard InChI is InChI=1S/C13H24N4/c1-6-10(5)15-12-8-11(14-7-2)16-13(17-12)9(3)4/h8-10H,6-7H2,1-5H3,(H2,14,15,16,17). The van der Waals surface area contributed by atoms with Crippen LogP contribution in [0.1, 0.15) is 52.8 Å². The molecule has 1 aromatic rings. The zero-order valence-corrected chi connectivity index (χ0v) is 11.5. The topological polar surface area (TPSA) is 49.8 Å². The lowest BCUT2D eigenvalue weighted by atomic mass is 10.2. The number of hydrogen-bond donors (Lipinski definition) is 2. The van der Waals surface area contributed by atoms with Crippen LogP contribution in [-0.4, -0.2) is 22.6 Å². The summed E-state index contributed by atoms with van der Waals surface area (Å²) in [4.78, 5) is 9.03. The van der Waals surface area contributed by atoms with E-state index in [2.05, 4.69) is 55.2 Å². The number of rotatable bonds is 6. The van der Waals surface area contributed by atoms with E-state index in [9.17, 15) is 0 Å². The second kappa shape index (κ2) is 6.42. The molecule has 1 aromatic heterocycles. The number of anilines is 2. The minimum absolute atomic E-state index is 0.339. The molecular formula is C13H24N4. The SMILES string of the molecule is CCNc1cc(NC(C)CC)nc(C(C)C)n1. The Kier molecular flexibility index (Phi) is 5.19. The smallest absolute Gasteiger partial charge is 0.135 e. The molecule has 0 aliphatic rings. The third-order valence-electron chi connectivity index (χ3n) is 2.62. The first kappa shape index (κ1) is 13.7. The lowest BCUT2D eigenvalue weighted by Crippen LogP contribution is -2.16. The predicted octanol–water partition coefficient (Wildman–Crippen LogP) is 3.24. The van der Waals surface area contributed by atoms with E-state index in [0.717, 1.165) is 30.4 Å². The zero-order valence-electron chi connectivity index (χ0n) is 11.5. The first-order valence-electron chi connectivity index (χ1n) is 6.46. The Labute approximate surface area is 104 Å². The Morgan fingerprint density at radius 1 is 1.12 bits per heavy atom. The highest BCUT2D eigenvalue weighted by molar-refractivity contribution is 5.48. The first-order valence-corrected chi connectivity index (χ1v) is 6.46. The van der Waals surface area contributed by atoms with Gasteiger partial charge in [0.25, 0.3) is 0 Å². The van der Waals surface area contributed by atoms with Crippen LogP contribution in [0.3, 0.4) is 0 Å². The highest BCUT2D eigenvalue weighted by Gasteiger charge is 2.08. The summed E-state index contributed by atoms with van der Waals surface area (Å²) in [5.41, 5.74) is 0. The average molecular weight is 236 g/mol. The Morgan fingerprint density at radius 2 is 1.76 bits per heavy atom. The van der Waals surface area contributed by atoms with E-state index in [0.29, 0.717) is 12.0 Å². The lowest BCUT2D eigenvalue weighted by molar-refractivity contribution is 0.741. The number of aromatic nitrogens is 2. The maximum atomic E-state index is 4.54. The monoisotopic (exact) mass is 236 g/mol. The molecule has 0 amide bonds. The molecule has 17 heavy (non-hydrogen) atoms. The summed E-state index contributed by atoms with van der Waals surface area (Å²) in [6.45, 7) is 11.5. The van der Waals surface area contributed by atoms with Gasteiger partial charge in [0.15, 0.2) is 0 Å². The molecule has 1 atom stereocenters. The summed E-state index contributed by atoms with van der Waals surface area (Å²) in [6.07, 6.45) is 1.08. The molecule has 2 N–H and O–H groups in total. The summed E-state index contributed by atoms with van der Waals surface area (Å²) >= 11 is 0. The van der Waals surface area contributed by atoms with Gasteiger partial charge in [-0.15, -0.1) is 0 Å². The Bertz CT molecular complexity index is 349. The van der Waals surface area contributed by atoms with Crippen molar-refractivity contribution in [3.63, 3.8) is 0 Å². The third kappa shape index (κ3) is 4.21. The van der Waals surface area contributed by atoms with E-state index < -0.39 is 0 Å². The number of nitrogens with one attached hydrogen (secondary N) is 2. The highest BCUT2D eigenvalue weighted by Crippen LogP contribution is 2.17. The largest absolute Gasteiger partial charge is 0.370 e. The Balaban J connectivity index is 2.94. The van der Waals surface area contributed by atoms with Gasteiger partial charge in [-0.3, -0.25) is 0 Å². The van der Waals surface area contributed by atoms with Crippen molar-refractivity contribution in [3.8, 4) is 0 Å². The van der Waals surface area contributed by atoms with Crippen LogP contribution in [0.25, 0.3) is 0 Å². The van der Waals surface area contributed by atoms with Crippen molar-refractivity contribution in [2.45, 2.75) is 53.0 Å². The zero-order chi connectivity index (χ0) is 12.8. The van der Waals surface area contributed by atoms with Gasteiger partial charge in [0, 0.05) is 24.6 Å². The van der Waals surface area contributed by atoms with Crippen LogP contribution in [0.2, 0.25) is 0 Å². The molecule has 0 spiro atoms. The Hall–Kier alpha value is -1.32. The van der Waals surface area contributed by atoms with Crippen molar-refractivity contribution in [1.29, 1.82) is 0 Å². The van der Waals surface area contributed by atoms with Gasteiger partial charge in [-0.25, -0.2) is 9.97 Å². The predicted molar refractivity (Wildman–Crippen MR) is 73.7 cm³/mol. The van der Waals surface area contributed by atoms with Gasteiger partial charge < -0.3 is 10.6 Å². The summed E-state index contributed by atoms with van der Waals surface area (Å²) < 4.78 is 0. The fourth-order valence-electron chi connectivity index (χ4n) is 1.42. The maximum Gasteiger partial charge on any atom is 0.135 e. The normalized spacial score (nSPS) is 12.6. The van der Waals surface area contributed by atoms with Crippen LogP contribution >= 0.6 is 0 Å². The molecule has 1 unspecified atom stereocenters. The molecule has 0 bridgehead atoms. The molecule has 4 nitrogen and oxygen atoms in total. The molecule has 4 heteroatoms. The van der Waals surface area contributed by atoms with Gasteiger partial charge in [-0.1, -0.05) is 20.8 Å². The fourth-order valence-corrected chi connectivity index (χ4v) is 1.42. The van der Waals surface area contributed by atoms with Gasteiger partial charge in [0.05, 0.1) is 0 Å². The minimum atomic E-state index is 0.339. The van der Waals surface area contributed by atoms with Gasteiger partial charge in [-0.2, -0.15) is 0 Å². The Morgan fingerprint density at radius 3 is 2.29 bits per heavy atom. The maximum absolute atomic E-state index is 4.54. The van der Waals surface area contributed by atoms with Crippen molar-refractivity contribution in [2.24, 2.45) is 0 Å². The highest BCUT2D eigenvalue weighted by atomic mass is 15.1. The first-order chi connectivity index (χ1) is 8.06.